The number of rotatable bonds is 3. The van der Waals surface area contributed by atoms with Gasteiger partial charge in [-0.1, -0.05) is 51.8 Å². The summed E-state index contributed by atoms with van der Waals surface area (Å²) in [6, 6.07) is 15.8. The number of nitrogens with zero attached hydrogens (tertiary/aromatic N) is 4. The summed E-state index contributed by atoms with van der Waals surface area (Å²) in [5.74, 6) is 0. The molecular formula is C18H12BrClN4. The van der Waals surface area contributed by atoms with Gasteiger partial charge in [-0.3, -0.25) is 0 Å². The molecule has 0 aliphatic carbocycles. The highest BCUT2D eigenvalue weighted by Crippen LogP contribution is 2.26. The smallest absolute Gasteiger partial charge is 0.164 e. The lowest BCUT2D eigenvalue weighted by Gasteiger charge is -2.05. The fraction of sp³-hybridized carbons (Fsp3) is 0.0556. The summed E-state index contributed by atoms with van der Waals surface area (Å²) in [6.45, 7) is 0.683. The molecule has 24 heavy (non-hydrogen) atoms. The quantitative estimate of drug-likeness (QED) is 0.489. The molecule has 2 aromatic heterocycles. The van der Waals surface area contributed by atoms with Crippen molar-refractivity contribution in [2.75, 3.05) is 0 Å². The van der Waals surface area contributed by atoms with E-state index in [0.29, 0.717) is 6.54 Å². The first kappa shape index (κ1) is 15.3. The minimum Gasteiger partial charge on any atom is -0.311 e. The van der Waals surface area contributed by atoms with Crippen molar-refractivity contribution in [1.29, 1.82) is 0 Å². The molecule has 0 amide bonds. The van der Waals surface area contributed by atoms with E-state index in [1.807, 2.05) is 53.1 Å². The molecule has 4 rings (SSSR count). The van der Waals surface area contributed by atoms with E-state index < -0.39 is 0 Å². The van der Waals surface area contributed by atoms with E-state index in [1.54, 1.807) is 12.7 Å². The van der Waals surface area contributed by atoms with Gasteiger partial charge in [0.2, 0.25) is 0 Å². The standard InChI is InChI=1S/C18H12BrClN4/c19-14-3-1-2-13(8-14)16-17-18(22-10-21-16)24(11-23-17)9-12-4-6-15(20)7-5-12/h1-8,10-11H,9H2. The molecule has 2 heterocycles. The SMILES string of the molecule is Clc1ccc(Cn2cnc3c(-c4cccc(Br)c4)ncnc32)cc1. The zero-order chi connectivity index (χ0) is 16.5. The van der Waals surface area contributed by atoms with E-state index >= 15 is 0 Å². The molecule has 0 N–H and O–H groups in total. The number of imidazole rings is 1. The second-order valence-corrected chi connectivity index (χ2v) is 6.76. The van der Waals surface area contributed by atoms with Gasteiger partial charge in [0, 0.05) is 15.1 Å². The van der Waals surface area contributed by atoms with Crippen molar-refractivity contribution < 1.29 is 0 Å². The van der Waals surface area contributed by atoms with E-state index in [0.717, 1.165) is 37.5 Å². The van der Waals surface area contributed by atoms with Crippen LogP contribution in [0.5, 0.6) is 0 Å². The Morgan fingerprint density at radius 2 is 1.83 bits per heavy atom. The molecule has 0 radical (unpaired) electrons. The molecular weight excluding hydrogens is 388 g/mol. The molecule has 0 saturated carbocycles. The zero-order valence-electron chi connectivity index (χ0n) is 12.5. The maximum absolute atomic E-state index is 5.95. The van der Waals surface area contributed by atoms with Crippen molar-refractivity contribution in [3.8, 4) is 11.3 Å². The highest BCUT2D eigenvalue weighted by molar-refractivity contribution is 9.10. The van der Waals surface area contributed by atoms with E-state index in [2.05, 4.69) is 30.9 Å². The van der Waals surface area contributed by atoms with Gasteiger partial charge < -0.3 is 4.57 Å². The van der Waals surface area contributed by atoms with Crippen molar-refractivity contribution in [2.24, 2.45) is 0 Å². The van der Waals surface area contributed by atoms with Gasteiger partial charge in [-0.15, -0.1) is 0 Å². The van der Waals surface area contributed by atoms with Crippen molar-refractivity contribution in [2.45, 2.75) is 6.54 Å². The molecule has 2 aromatic carbocycles. The molecule has 0 bridgehead atoms. The van der Waals surface area contributed by atoms with E-state index in [1.165, 1.54) is 0 Å². The maximum Gasteiger partial charge on any atom is 0.164 e. The van der Waals surface area contributed by atoms with E-state index in [9.17, 15) is 0 Å². The van der Waals surface area contributed by atoms with Gasteiger partial charge in [0.1, 0.15) is 17.5 Å². The number of hydrogen-bond donors (Lipinski definition) is 0. The average molecular weight is 400 g/mol. The minimum atomic E-state index is 0.683. The van der Waals surface area contributed by atoms with Gasteiger partial charge in [-0.2, -0.15) is 0 Å². The minimum absolute atomic E-state index is 0.683. The van der Waals surface area contributed by atoms with Crippen LogP contribution in [0.2, 0.25) is 5.02 Å². The second kappa shape index (κ2) is 6.34. The first-order valence-electron chi connectivity index (χ1n) is 7.37. The van der Waals surface area contributed by atoms with Crippen LogP contribution in [0.4, 0.5) is 0 Å². The number of hydrogen-bond acceptors (Lipinski definition) is 3. The Hall–Kier alpha value is -2.24. The van der Waals surface area contributed by atoms with Crippen LogP contribution in [0.15, 0.2) is 65.7 Å². The Morgan fingerprint density at radius 1 is 1.00 bits per heavy atom. The highest BCUT2D eigenvalue weighted by atomic mass is 79.9. The summed E-state index contributed by atoms with van der Waals surface area (Å²) in [5, 5.41) is 0.730. The van der Waals surface area contributed by atoms with Crippen LogP contribution in [-0.4, -0.2) is 19.5 Å². The third kappa shape index (κ3) is 2.92. The van der Waals surface area contributed by atoms with Crippen LogP contribution in [0.25, 0.3) is 22.4 Å². The molecule has 0 unspecified atom stereocenters. The molecule has 4 nitrogen and oxygen atoms in total. The Bertz CT molecular complexity index is 1010. The lowest BCUT2D eigenvalue weighted by molar-refractivity contribution is 0.813. The predicted octanol–water partition coefficient (Wildman–Crippen LogP) is 4.96. The number of fused-ring (bicyclic) bond motifs is 1. The lowest BCUT2D eigenvalue weighted by atomic mass is 10.1. The van der Waals surface area contributed by atoms with Gasteiger partial charge in [0.15, 0.2) is 5.65 Å². The summed E-state index contributed by atoms with van der Waals surface area (Å²) in [6.07, 6.45) is 3.38. The summed E-state index contributed by atoms with van der Waals surface area (Å²) in [7, 11) is 0. The van der Waals surface area contributed by atoms with Gasteiger partial charge in [-0.05, 0) is 29.8 Å². The maximum atomic E-state index is 5.95. The van der Waals surface area contributed by atoms with Crippen LogP contribution < -0.4 is 0 Å². The number of aromatic nitrogens is 4. The molecule has 0 fully saturated rings. The van der Waals surface area contributed by atoms with Crippen LogP contribution in [0, 0.1) is 0 Å². The fourth-order valence-corrected chi connectivity index (χ4v) is 3.16. The Morgan fingerprint density at radius 3 is 2.62 bits per heavy atom. The third-order valence-electron chi connectivity index (χ3n) is 3.77. The normalized spacial score (nSPS) is 11.1. The largest absolute Gasteiger partial charge is 0.311 e. The lowest BCUT2D eigenvalue weighted by Crippen LogP contribution is -1.99. The molecule has 4 aromatic rings. The molecule has 0 aliphatic rings. The van der Waals surface area contributed by atoms with Crippen LogP contribution in [-0.2, 0) is 6.54 Å². The molecule has 118 valence electrons. The monoisotopic (exact) mass is 398 g/mol. The molecule has 0 atom stereocenters. The molecule has 6 heteroatoms. The summed E-state index contributed by atoms with van der Waals surface area (Å²) < 4.78 is 3.02. The van der Waals surface area contributed by atoms with Crippen LogP contribution in [0.1, 0.15) is 5.56 Å². The predicted molar refractivity (Wildman–Crippen MR) is 99.0 cm³/mol. The van der Waals surface area contributed by atoms with Crippen LogP contribution in [0.3, 0.4) is 0 Å². The zero-order valence-corrected chi connectivity index (χ0v) is 14.9. The van der Waals surface area contributed by atoms with Crippen molar-refractivity contribution in [3.05, 3.63) is 76.2 Å². The average Bonchev–Trinajstić information content (AvgIpc) is 3.00. The number of benzene rings is 2. The third-order valence-corrected chi connectivity index (χ3v) is 4.51. The van der Waals surface area contributed by atoms with Gasteiger partial charge in [0.05, 0.1) is 12.9 Å². The van der Waals surface area contributed by atoms with Crippen molar-refractivity contribution in [1.82, 2.24) is 19.5 Å². The van der Waals surface area contributed by atoms with Gasteiger partial charge in [0.25, 0.3) is 0 Å². The van der Waals surface area contributed by atoms with Crippen molar-refractivity contribution >= 4 is 38.7 Å². The first-order chi connectivity index (χ1) is 11.7. The van der Waals surface area contributed by atoms with Gasteiger partial charge in [-0.25, -0.2) is 15.0 Å². The molecule has 0 aliphatic heterocycles. The topological polar surface area (TPSA) is 43.6 Å². The Labute approximate surface area is 152 Å². The fourth-order valence-electron chi connectivity index (χ4n) is 2.63. The van der Waals surface area contributed by atoms with Crippen LogP contribution >= 0.6 is 27.5 Å². The summed E-state index contributed by atoms with van der Waals surface area (Å²) in [5.41, 5.74) is 4.59. The van der Waals surface area contributed by atoms with Gasteiger partial charge >= 0.3 is 0 Å². The summed E-state index contributed by atoms with van der Waals surface area (Å²) >= 11 is 9.45. The van der Waals surface area contributed by atoms with Crippen molar-refractivity contribution in [3.63, 3.8) is 0 Å². The van der Waals surface area contributed by atoms with E-state index in [4.69, 9.17) is 11.6 Å². The second-order valence-electron chi connectivity index (χ2n) is 5.40. The first-order valence-corrected chi connectivity index (χ1v) is 8.54. The summed E-state index contributed by atoms with van der Waals surface area (Å²) in [4.78, 5) is 13.4. The van der Waals surface area contributed by atoms with E-state index in [-0.39, 0.29) is 0 Å². The highest BCUT2D eigenvalue weighted by Gasteiger charge is 2.12. The Balaban J connectivity index is 1.77. The Kier molecular flexibility index (Phi) is 4.04. The number of halogens is 2. The molecule has 0 spiro atoms. The molecule has 0 saturated heterocycles.